The third kappa shape index (κ3) is 3.09. The summed E-state index contributed by atoms with van der Waals surface area (Å²) < 4.78 is 28.6. The topological polar surface area (TPSA) is 49.4 Å². The van der Waals surface area contributed by atoms with Crippen molar-refractivity contribution >= 4 is 48.7 Å². The smallest absolute Gasteiger partial charge is 0.272 e. The van der Waals surface area contributed by atoms with Crippen molar-refractivity contribution < 1.29 is 8.42 Å². The van der Waals surface area contributed by atoms with E-state index < -0.39 is 10.0 Å². The number of sulfonamides is 1. The van der Waals surface area contributed by atoms with Gasteiger partial charge in [0.15, 0.2) is 4.21 Å². The van der Waals surface area contributed by atoms with Crippen LogP contribution in [-0.4, -0.2) is 21.5 Å². The highest BCUT2D eigenvalue weighted by atomic mass is 79.9. The van der Waals surface area contributed by atoms with Gasteiger partial charge in [-0.1, -0.05) is 12.1 Å². The molecule has 2 heterocycles. The highest BCUT2D eigenvalue weighted by molar-refractivity contribution is 9.10. The Morgan fingerprint density at radius 2 is 1.86 bits per heavy atom. The number of hydrogen-bond acceptors (Lipinski definition) is 4. The van der Waals surface area contributed by atoms with Crippen molar-refractivity contribution in [2.75, 3.05) is 22.7 Å². The molecule has 2 aromatic rings. The van der Waals surface area contributed by atoms with E-state index in [-0.39, 0.29) is 0 Å². The van der Waals surface area contributed by atoms with Gasteiger partial charge in [0.25, 0.3) is 10.0 Å². The van der Waals surface area contributed by atoms with Gasteiger partial charge >= 0.3 is 0 Å². The Balaban J connectivity index is 1.93. The summed E-state index contributed by atoms with van der Waals surface area (Å²) in [5.41, 5.74) is 1.59. The second kappa shape index (κ2) is 5.98. The van der Waals surface area contributed by atoms with Gasteiger partial charge in [0, 0.05) is 17.6 Å². The third-order valence-electron chi connectivity index (χ3n) is 3.42. The molecule has 7 heteroatoms. The first-order valence-electron chi connectivity index (χ1n) is 6.68. The summed E-state index contributed by atoms with van der Waals surface area (Å²) in [6.07, 6.45) is 2.30. The Hall–Kier alpha value is -1.05. The van der Waals surface area contributed by atoms with E-state index in [1.807, 2.05) is 24.3 Å². The van der Waals surface area contributed by atoms with Crippen LogP contribution in [0, 0.1) is 0 Å². The molecule has 1 N–H and O–H groups in total. The molecule has 0 bridgehead atoms. The fraction of sp³-hybridized carbons (Fsp3) is 0.286. The van der Waals surface area contributed by atoms with Crippen molar-refractivity contribution in [2.24, 2.45) is 0 Å². The van der Waals surface area contributed by atoms with E-state index in [0.717, 1.165) is 31.6 Å². The molecule has 0 spiro atoms. The van der Waals surface area contributed by atoms with Gasteiger partial charge in [0.2, 0.25) is 0 Å². The van der Waals surface area contributed by atoms with Gasteiger partial charge in [-0.05, 0) is 52.4 Å². The zero-order valence-corrected chi connectivity index (χ0v) is 14.5. The number of benzene rings is 1. The molecular weight excluding hydrogens is 372 g/mol. The maximum absolute atomic E-state index is 12.5. The van der Waals surface area contributed by atoms with E-state index in [9.17, 15) is 8.42 Å². The van der Waals surface area contributed by atoms with E-state index in [1.54, 1.807) is 11.4 Å². The molecule has 1 aliphatic heterocycles. The Kier molecular flexibility index (Phi) is 4.24. The Morgan fingerprint density at radius 3 is 2.52 bits per heavy atom. The molecule has 0 atom stereocenters. The van der Waals surface area contributed by atoms with Crippen molar-refractivity contribution in [1.29, 1.82) is 0 Å². The van der Waals surface area contributed by atoms with Crippen LogP contribution in [0.2, 0.25) is 0 Å². The lowest BCUT2D eigenvalue weighted by atomic mass is 10.2. The molecule has 1 fully saturated rings. The van der Waals surface area contributed by atoms with Crippen LogP contribution < -0.4 is 9.62 Å². The number of rotatable bonds is 4. The van der Waals surface area contributed by atoms with Gasteiger partial charge in [-0.2, -0.15) is 0 Å². The van der Waals surface area contributed by atoms with Crippen molar-refractivity contribution in [3.8, 4) is 0 Å². The molecule has 0 amide bonds. The molecule has 1 aliphatic rings. The number of halogens is 1. The quantitative estimate of drug-likeness (QED) is 0.866. The average molecular weight is 387 g/mol. The molecule has 0 saturated carbocycles. The summed E-state index contributed by atoms with van der Waals surface area (Å²) in [6, 6.07) is 9.30. The molecule has 112 valence electrons. The lowest BCUT2D eigenvalue weighted by molar-refractivity contribution is 0.603. The second-order valence-electron chi connectivity index (χ2n) is 4.87. The summed E-state index contributed by atoms with van der Waals surface area (Å²) in [7, 11) is -3.56. The molecule has 0 unspecified atom stereocenters. The maximum atomic E-state index is 12.5. The number of hydrogen-bond donors (Lipinski definition) is 1. The van der Waals surface area contributed by atoms with Crippen molar-refractivity contribution in [1.82, 2.24) is 0 Å². The first-order chi connectivity index (χ1) is 10.1. The van der Waals surface area contributed by atoms with E-state index in [0.29, 0.717) is 14.4 Å². The number of nitrogens with zero attached hydrogens (tertiary/aromatic N) is 1. The van der Waals surface area contributed by atoms with E-state index >= 15 is 0 Å². The zero-order valence-electron chi connectivity index (χ0n) is 11.3. The molecule has 1 aromatic heterocycles. The minimum absolute atomic E-state index is 0.304. The monoisotopic (exact) mass is 386 g/mol. The largest absolute Gasteiger partial charge is 0.370 e. The van der Waals surface area contributed by atoms with Crippen LogP contribution in [0.5, 0.6) is 0 Å². The number of anilines is 2. The maximum Gasteiger partial charge on any atom is 0.272 e. The second-order valence-corrected chi connectivity index (χ2v) is 8.52. The molecule has 21 heavy (non-hydrogen) atoms. The van der Waals surface area contributed by atoms with Crippen molar-refractivity contribution in [3.63, 3.8) is 0 Å². The zero-order chi connectivity index (χ0) is 14.9. The first kappa shape index (κ1) is 14.9. The molecule has 4 nitrogen and oxygen atoms in total. The fourth-order valence-corrected chi connectivity index (χ4v) is 5.87. The van der Waals surface area contributed by atoms with Crippen molar-refractivity contribution in [3.05, 3.63) is 40.2 Å². The van der Waals surface area contributed by atoms with E-state index in [2.05, 4.69) is 25.6 Å². The highest BCUT2D eigenvalue weighted by Crippen LogP contribution is 2.33. The normalized spacial score (nSPS) is 15.4. The molecule has 3 rings (SSSR count). The minimum Gasteiger partial charge on any atom is -0.370 e. The van der Waals surface area contributed by atoms with Crippen LogP contribution >= 0.6 is 27.3 Å². The average Bonchev–Trinajstić information content (AvgIpc) is 3.10. The molecular formula is C14H15BrN2O2S2. The van der Waals surface area contributed by atoms with Crippen LogP contribution in [0.25, 0.3) is 0 Å². The summed E-state index contributed by atoms with van der Waals surface area (Å²) in [6.45, 7) is 1.95. The summed E-state index contributed by atoms with van der Waals surface area (Å²) in [4.78, 5) is 2.22. The molecule has 1 aromatic carbocycles. The third-order valence-corrected chi connectivity index (χ3v) is 7.46. The van der Waals surface area contributed by atoms with Crippen LogP contribution in [0.3, 0.4) is 0 Å². The SMILES string of the molecule is O=S(=O)(Nc1ccccc1N1CCCC1)c1sccc1Br. The summed E-state index contributed by atoms with van der Waals surface area (Å²) in [5, 5.41) is 1.75. The molecule has 0 aliphatic carbocycles. The number of nitrogens with one attached hydrogen (secondary N) is 1. The standard InChI is InChI=1S/C14H15BrN2O2S2/c15-11-7-10-20-14(11)21(18,19)16-12-5-1-2-6-13(12)17-8-3-4-9-17/h1-2,5-7,10,16H,3-4,8-9H2. The summed E-state index contributed by atoms with van der Waals surface area (Å²) in [5.74, 6) is 0. The van der Waals surface area contributed by atoms with Gasteiger partial charge in [0.05, 0.1) is 11.4 Å². The van der Waals surface area contributed by atoms with Gasteiger partial charge in [0.1, 0.15) is 0 Å². The van der Waals surface area contributed by atoms with E-state index in [4.69, 9.17) is 0 Å². The number of thiophene rings is 1. The van der Waals surface area contributed by atoms with E-state index in [1.165, 1.54) is 11.3 Å². The van der Waals surface area contributed by atoms with Crippen LogP contribution in [0.4, 0.5) is 11.4 Å². The molecule has 0 radical (unpaired) electrons. The number of para-hydroxylation sites is 2. The fourth-order valence-electron chi connectivity index (χ4n) is 2.46. The lowest BCUT2D eigenvalue weighted by Gasteiger charge is -2.21. The van der Waals surface area contributed by atoms with Crippen LogP contribution in [0.1, 0.15) is 12.8 Å². The van der Waals surface area contributed by atoms with Gasteiger partial charge < -0.3 is 4.90 Å². The lowest BCUT2D eigenvalue weighted by Crippen LogP contribution is -2.21. The Bertz CT molecular complexity index is 737. The van der Waals surface area contributed by atoms with Gasteiger partial charge in [-0.3, -0.25) is 4.72 Å². The molecule has 1 saturated heterocycles. The summed E-state index contributed by atoms with van der Waals surface area (Å²) >= 11 is 4.48. The highest BCUT2D eigenvalue weighted by Gasteiger charge is 2.22. The first-order valence-corrected chi connectivity index (χ1v) is 9.83. The van der Waals surface area contributed by atoms with Crippen LogP contribution in [-0.2, 0) is 10.0 Å². The predicted molar refractivity (Wildman–Crippen MR) is 90.7 cm³/mol. The predicted octanol–water partition coefficient (Wildman–Crippen LogP) is 3.91. The van der Waals surface area contributed by atoms with Gasteiger partial charge in [-0.15, -0.1) is 11.3 Å². The van der Waals surface area contributed by atoms with Gasteiger partial charge in [-0.25, -0.2) is 8.42 Å². The van der Waals surface area contributed by atoms with Crippen LogP contribution in [0.15, 0.2) is 44.4 Å². The Morgan fingerprint density at radius 1 is 1.14 bits per heavy atom. The Labute approximate surface area is 137 Å². The van der Waals surface area contributed by atoms with Crippen molar-refractivity contribution in [2.45, 2.75) is 17.1 Å². The minimum atomic E-state index is -3.56.